The first-order valence-corrected chi connectivity index (χ1v) is 4.92. The van der Waals surface area contributed by atoms with E-state index in [1.54, 1.807) is 0 Å². The van der Waals surface area contributed by atoms with Crippen LogP contribution in [0.5, 0.6) is 0 Å². The first-order valence-electron chi connectivity index (χ1n) is 2.51. The highest BCUT2D eigenvalue weighted by molar-refractivity contribution is 7.46. The third kappa shape index (κ3) is 6.66. The minimum atomic E-state index is -4.45. The van der Waals surface area contributed by atoms with E-state index in [0.717, 1.165) is 6.26 Å². The number of hydrogen-bond donors (Lipinski definition) is 2. The summed E-state index contributed by atoms with van der Waals surface area (Å²) in [6.07, 6.45) is 0.839. The number of halogens is 2. The molecule has 0 atom stereocenters. The fourth-order valence-electron chi connectivity index (χ4n) is 0.203. The van der Waals surface area contributed by atoms with Crippen LogP contribution < -0.4 is 0 Å². The molecular formula is C4H7Cl2O4P. The minimum Gasteiger partial charge on any atom is -0.412 e. The highest BCUT2D eigenvalue weighted by Gasteiger charge is 2.13. The Morgan fingerprint density at radius 3 is 2.36 bits per heavy atom. The van der Waals surface area contributed by atoms with Crippen LogP contribution in [0.25, 0.3) is 0 Å². The van der Waals surface area contributed by atoms with E-state index in [1.165, 1.54) is 6.92 Å². The van der Waals surface area contributed by atoms with Gasteiger partial charge in [0, 0.05) is 0 Å². The lowest BCUT2D eigenvalue weighted by Gasteiger charge is -2.03. The number of allylic oxidation sites excluding steroid dienone is 1. The molecule has 0 aromatic heterocycles. The van der Waals surface area contributed by atoms with Crippen molar-refractivity contribution in [3.05, 3.63) is 11.8 Å². The number of phosphoric ester groups is 1. The first-order chi connectivity index (χ1) is 4.83. The second kappa shape index (κ2) is 4.33. The van der Waals surface area contributed by atoms with Crippen molar-refractivity contribution in [1.82, 2.24) is 0 Å². The zero-order chi connectivity index (χ0) is 9.07. The van der Waals surface area contributed by atoms with Crippen LogP contribution in [0.15, 0.2) is 11.8 Å². The lowest BCUT2D eigenvalue weighted by molar-refractivity contribution is 0.257. The fourth-order valence-corrected chi connectivity index (χ4v) is 0.610. The SMILES string of the molecule is CC(=COP(=O)(O)O)C(Cl)Cl. The molecule has 0 saturated heterocycles. The zero-order valence-electron chi connectivity index (χ0n) is 5.57. The van der Waals surface area contributed by atoms with Gasteiger partial charge in [0.05, 0.1) is 6.26 Å². The minimum absolute atomic E-state index is 0.330. The third-order valence-corrected chi connectivity index (χ3v) is 1.79. The molecule has 0 saturated carbocycles. The van der Waals surface area contributed by atoms with Crippen molar-refractivity contribution in [2.24, 2.45) is 0 Å². The molecule has 0 radical (unpaired) electrons. The molecule has 66 valence electrons. The molecule has 4 nitrogen and oxygen atoms in total. The van der Waals surface area contributed by atoms with E-state index in [2.05, 4.69) is 4.52 Å². The smallest absolute Gasteiger partial charge is 0.412 e. The van der Waals surface area contributed by atoms with Crippen LogP contribution in [0.4, 0.5) is 0 Å². The summed E-state index contributed by atoms with van der Waals surface area (Å²) >= 11 is 10.6. The van der Waals surface area contributed by atoms with Crippen LogP contribution in [0.2, 0.25) is 0 Å². The van der Waals surface area contributed by atoms with Crippen molar-refractivity contribution >= 4 is 31.0 Å². The number of rotatable bonds is 3. The second-order valence-electron chi connectivity index (χ2n) is 1.76. The predicted octanol–water partition coefficient (Wildman–Crippen LogP) is 1.80. The highest BCUT2D eigenvalue weighted by atomic mass is 35.5. The molecule has 0 aromatic carbocycles. The number of hydrogen-bond acceptors (Lipinski definition) is 2. The molecular weight excluding hydrogens is 214 g/mol. The summed E-state index contributed by atoms with van der Waals surface area (Å²) in [5.41, 5.74) is 0.330. The van der Waals surface area contributed by atoms with E-state index in [0.29, 0.717) is 5.57 Å². The van der Waals surface area contributed by atoms with Crippen LogP contribution >= 0.6 is 31.0 Å². The van der Waals surface area contributed by atoms with E-state index in [9.17, 15) is 4.57 Å². The van der Waals surface area contributed by atoms with Gasteiger partial charge in [0.2, 0.25) is 0 Å². The van der Waals surface area contributed by atoms with Gasteiger partial charge in [-0.25, -0.2) is 4.57 Å². The topological polar surface area (TPSA) is 66.8 Å². The summed E-state index contributed by atoms with van der Waals surface area (Å²) in [4.78, 5) is 15.6. The largest absolute Gasteiger partial charge is 0.524 e. The Labute approximate surface area is 74.0 Å². The number of alkyl halides is 2. The van der Waals surface area contributed by atoms with Gasteiger partial charge in [-0.05, 0) is 12.5 Å². The number of phosphoric acid groups is 1. The molecule has 11 heavy (non-hydrogen) atoms. The summed E-state index contributed by atoms with van der Waals surface area (Å²) < 4.78 is 14.1. The van der Waals surface area contributed by atoms with E-state index in [1.807, 2.05) is 0 Å². The Balaban J connectivity index is 4.04. The van der Waals surface area contributed by atoms with Crippen LogP contribution in [0.3, 0.4) is 0 Å². The molecule has 0 aliphatic rings. The van der Waals surface area contributed by atoms with Crippen molar-refractivity contribution in [1.29, 1.82) is 0 Å². The van der Waals surface area contributed by atoms with Gasteiger partial charge >= 0.3 is 7.82 Å². The molecule has 0 amide bonds. The Hall–Kier alpha value is 0.270. The Bertz CT molecular complexity index is 196. The van der Waals surface area contributed by atoms with Gasteiger partial charge in [-0.15, -0.1) is 23.2 Å². The molecule has 0 heterocycles. The second-order valence-corrected chi connectivity index (χ2v) is 4.05. The standard InChI is InChI=1S/C4H7Cl2O4P/c1-3(4(5)6)2-10-11(7,8)9/h2,4H,1H3,(H2,7,8,9). The third-order valence-electron chi connectivity index (χ3n) is 0.720. The summed E-state index contributed by atoms with van der Waals surface area (Å²) in [6, 6.07) is 0. The van der Waals surface area contributed by atoms with E-state index in [4.69, 9.17) is 33.0 Å². The van der Waals surface area contributed by atoms with Crippen LogP contribution in [0.1, 0.15) is 6.92 Å². The van der Waals surface area contributed by atoms with Gasteiger partial charge < -0.3 is 4.52 Å². The molecule has 0 spiro atoms. The van der Waals surface area contributed by atoms with Crippen LogP contribution in [0, 0.1) is 0 Å². The Morgan fingerprint density at radius 1 is 1.64 bits per heavy atom. The Morgan fingerprint density at radius 2 is 2.09 bits per heavy atom. The maximum absolute atomic E-state index is 10.1. The van der Waals surface area contributed by atoms with E-state index in [-0.39, 0.29) is 0 Å². The monoisotopic (exact) mass is 220 g/mol. The van der Waals surface area contributed by atoms with Gasteiger partial charge in [-0.3, -0.25) is 9.79 Å². The molecule has 0 aliphatic carbocycles. The summed E-state index contributed by atoms with van der Waals surface area (Å²) in [6.45, 7) is 1.49. The molecule has 0 fully saturated rings. The maximum atomic E-state index is 10.1. The predicted molar refractivity (Wildman–Crippen MR) is 42.4 cm³/mol. The first kappa shape index (κ1) is 11.3. The van der Waals surface area contributed by atoms with Crippen molar-refractivity contribution in [3.63, 3.8) is 0 Å². The van der Waals surface area contributed by atoms with E-state index >= 15 is 0 Å². The molecule has 0 unspecified atom stereocenters. The molecule has 2 N–H and O–H groups in total. The van der Waals surface area contributed by atoms with Crippen LogP contribution in [-0.4, -0.2) is 14.6 Å². The Kier molecular flexibility index (Phi) is 4.44. The lowest BCUT2D eigenvalue weighted by Crippen LogP contribution is -1.89. The molecule has 7 heteroatoms. The van der Waals surface area contributed by atoms with Crippen molar-refractivity contribution in [3.8, 4) is 0 Å². The molecule has 0 aliphatic heterocycles. The van der Waals surface area contributed by atoms with Gasteiger partial charge in [0.15, 0.2) is 0 Å². The van der Waals surface area contributed by atoms with Crippen molar-refractivity contribution < 1.29 is 18.9 Å². The van der Waals surface area contributed by atoms with Crippen molar-refractivity contribution in [2.75, 3.05) is 0 Å². The van der Waals surface area contributed by atoms with Gasteiger partial charge in [0.25, 0.3) is 0 Å². The van der Waals surface area contributed by atoms with Gasteiger partial charge in [0.1, 0.15) is 4.84 Å². The maximum Gasteiger partial charge on any atom is 0.524 e. The highest BCUT2D eigenvalue weighted by Crippen LogP contribution is 2.36. The van der Waals surface area contributed by atoms with Gasteiger partial charge in [-0.2, -0.15) is 0 Å². The average molecular weight is 221 g/mol. The summed E-state index contributed by atoms with van der Waals surface area (Å²) in [5.74, 6) is 0. The fraction of sp³-hybridized carbons (Fsp3) is 0.500. The molecule has 0 rings (SSSR count). The molecule has 0 aromatic rings. The molecule has 0 bridgehead atoms. The zero-order valence-corrected chi connectivity index (χ0v) is 7.98. The average Bonchev–Trinajstić information content (AvgIpc) is 1.80. The van der Waals surface area contributed by atoms with E-state index < -0.39 is 12.7 Å². The quantitative estimate of drug-likeness (QED) is 0.433. The normalized spacial score (nSPS) is 13.8. The van der Waals surface area contributed by atoms with Crippen molar-refractivity contribution in [2.45, 2.75) is 11.8 Å². The van der Waals surface area contributed by atoms with Gasteiger partial charge in [-0.1, -0.05) is 0 Å². The van der Waals surface area contributed by atoms with Crippen LogP contribution in [-0.2, 0) is 9.09 Å². The summed E-state index contributed by atoms with van der Waals surface area (Å²) in [5, 5.41) is 0. The summed E-state index contributed by atoms with van der Waals surface area (Å²) in [7, 11) is -4.45. The lowest BCUT2D eigenvalue weighted by atomic mass is 10.4.